The van der Waals surface area contributed by atoms with E-state index in [1.807, 2.05) is 18.2 Å². The molecule has 0 spiro atoms. The van der Waals surface area contributed by atoms with E-state index < -0.39 is 0 Å². The van der Waals surface area contributed by atoms with Gasteiger partial charge in [-0.2, -0.15) is 0 Å². The van der Waals surface area contributed by atoms with E-state index >= 15 is 0 Å². The summed E-state index contributed by atoms with van der Waals surface area (Å²) in [5, 5.41) is 13.6. The van der Waals surface area contributed by atoms with Gasteiger partial charge in [-0.25, -0.2) is 0 Å². The van der Waals surface area contributed by atoms with E-state index in [0.29, 0.717) is 0 Å². The molecule has 11 aromatic carbocycles. The summed E-state index contributed by atoms with van der Waals surface area (Å²) in [6.07, 6.45) is 8.64. The van der Waals surface area contributed by atoms with Crippen molar-refractivity contribution >= 4 is 98.1 Å². The van der Waals surface area contributed by atoms with Crippen LogP contribution in [-0.4, -0.2) is 6.10 Å². The molecule has 0 amide bonds. The number of hydrogen-bond donors (Lipinski definition) is 0. The van der Waals surface area contributed by atoms with Crippen molar-refractivity contribution in [1.29, 1.82) is 0 Å². The molecule has 1 aliphatic heterocycles. The van der Waals surface area contributed by atoms with Gasteiger partial charge in [-0.1, -0.05) is 170 Å². The Morgan fingerprint density at radius 1 is 0.294 bits per heavy atom. The average molecular weight is 869 g/mol. The van der Waals surface area contributed by atoms with Crippen molar-refractivity contribution < 1.29 is 18.0 Å². The van der Waals surface area contributed by atoms with Crippen LogP contribution in [0.2, 0.25) is 0 Å². The fourth-order valence-corrected chi connectivity index (χ4v) is 12.0. The Bertz CT molecular complexity index is 4420. The molecule has 0 radical (unpaired) electrons. The number of hydrogen-bond acceptors (Lipinski definition) is 4. The zero-order valence-electron chi connectivity index (χ0n) is 36.4. The Kier molecular flexibility index (Phi) is 7.15. The predicted molar refractivity (Wildman–Crippen MR) is 279 cm³/mol. The molecule has 2 atom stereocenters. The zero-order valence-corrected chi connectivity index (χ0v) is 36.4. The molecule has 14 aromatic rings. The van der Waals surface area contributed by atoms with E-state index in [1.54, 1.807) is 0 Å². The highest BCUT2D eigenvalue weighted by atomic mass is 16.5. The summed E-state index contributed by atoms with van der Waals surface area (Å²) in [4.78, 5) is 0. The fraction of sp³-hybridized carbons (Fsp3) is 0.0312. The minimum Gasteiger partial charge on any atom is -0.484 e. The second kappa shape index (κ2) is 13.4. The lowest BCUT2D eigenvalue weighted by Crippen LogP contribution is -2.15. The van der Waals surface area contributed by atoms with Gasteiger partial charge in [0.1, 0.15) is 45.4 Å². The number of fused-ring (bicyclic) bond motifs is 12. The fourth-order valence-electron chi connectivity index (χ4n) is 12.0. The van der Waals surface area contributed by atoms with Gasteiger partial charge in [0.25, 0.3) is 0 Å². The van der Waals surface area contributed by atoms with Gasteiger partial charge in [0.15, 0.2) is 0 Å². The van der Waals surface area contributed by atoms with Crippen molar-refractivity contribution in [3.8, 4) is 50.3 Å². The molecule has 4 nitrogen and oxygen atoms in total. The van der Waals surface area contributed by atoms with Crippen LogP contribution in [0, 0.1) is 0 Å². The second-order valence-electron chi connectivity index (χ2n) is 18.5. The second-order valence-corrected chi connectivity index (χ2v) is 18.5. The first kappa shape index (κ1) is 36.4. The highest BCUT2D eigenvalue weighted by molar-refractivity contribution is 6.33. The van der Waals surface area contributed by atoms with E-state index in [4.69, 9.17) is 18.0 Å². The number of furan rings is 3. The Hall–Kier alpha value is -8.86. The lowest BCUT2D eigenvalue weighted by atomic mass is 9.81. The van der Waals surface area contributed by atoms with Crippen molar-refractivity contribution in [2.45, 2.75) is 12.0 Å². The summed E-state index contributed by atoms with van der Waals surface area (Å²) in [6, 6.07) is 65.5. The topological polar surface area (TPSA) is 48.7 Å². The molecule has 3 aromatic heterocycles. The molecule has 0 fully saturated rings. The molecule has 2 aliphatic rings. The molecule has 0 bridgehead atoms. The summed E-state index contributed by atoms with van der Waals surface area (Å²) < 4.78 is 27.5. The molecular formula is C64H36O4. The largest absolute Gasteiger partial charge is 0.484 e. The standard InChI is InChI=1S/C64H36O4/c1-5-25-55-35(13-1)43-17-9-21-47(61(43)65-55)51-33-52(48-22-10-18-44-36-14-2-6-26-56(36)66-62(44)48)40-31-32-42-54(50-24-12-20-46-38-16-4-8-28-58(38)68-64(46)50)34-53(41-30-29-39(51)59(40)60(41)42)49-23-11-19-45-37-15-3-7-27-57(37)67-63(45)49/h1-35,55H. The smallest absolute Gasteiger partial charge is 0.143 e. The van der Waals surface area contributed by atoms with Crippen LogP contribution in [0.25, 0.3) is 143 Å². The summed E-state index contributed by atoms with van der Waals surface area (Å²) in [5.74, 6) is 1.10. The van der Waals surface area contributed by atoms with Crippen molar-refractivity contribution in [3.05, 3.63) is 212 Å². The number of benzene rings is 11. The normalized spacial score (nSPS) is 15.6. The Balaban J connectivity index is 1.08. The lowest BCUT2D eigenvalue weighted by molar-refractivity contribution is 0.270. The van der Waals surface area contributed by atoms with Crippen molar-refractivity contribution in [2.75, 3.05) is 0 Å². The molecule has 316 valence electrons. The maximum atomic E-state index is 6.95. The summed E-state index contributed by atoms with van der Waals surface area (Å²) in [6.45, 7) is 0. The number of para-hydroxylation sites is 7. The minimum atomic E-state index is -0.0493. The van der Waals surface area contributed by atoms with Crippen LogP contribution < -0.4 is 4.74 Å². The molecule has 1 aliphatic carbocycles. The summed E-state index contributed by atoms with van der Waals surface area (Å²) in [5.41, 5.74) is 15.1. The van der Waals surface area contributed by atoms with E-state index in [2.05, 4.69) is 188 Å². The van der Waals surface area contributed by atoms with Gasteiger partial charge in [-0.3, -0.25) is 0 Å². The van der Waals surface area contributed by atoms with Gasteiger partial charge in [-0.15, -0.1) is 0 Å². The van der Waals surface area contributed by atoms with Crippen LogP contribution in [0.1, 0.15) is 11.5 Å². The monoisotopic (exact) mass is 868 g/mol. The first-order valence-corrected chi connectivity index (χ1v) is 23.4. The van der Waals surface area contributed by atoms with Crippen LogP contribution in [0.3, 0.4) is 0 Å². The lowest BCUT2D eigenvalue weighted by Gasteiger charge is -2.22. The third-order valence-corrected chi connectivity index (χ3v) is 15.0. The highest BCUT2D eigenvalue weighted by Crippen LogP contribution is 2.54. The van der Waals surface area contributed by atoms with Gasteiger partial charge in [-0.05, 0) is 91.0 Å². The highest BCUT2D eigenvalue weighted by Gasteiger charge is 2.35. The minimum absolute atomic E-state index is 0.0493. The van der Waals surface area contributed by atoms with E-state index in [0.717, 1.165) is 138 Å². The van der Waals surface area contributed by atoms with Gasteiger partial charge in [0.05, 0.1) is 0 Å². The Morgan fingerprint density at radius 2 is 0.676 bits per heavy atom. The van der Waals surface area contributed by atoms with Crippen molar-refractivity contribution in [3.63, 3.8) is 0 Å². The van der Waals surface area contributed by atoms with Crippen LogP contribution in [-0.2, 0) is 0 Å². The molecule has 4 heterocycles. The summed E-state index contributed by atoms with van der Waals surface area (Å²) in [7, 11) is 0. The quantitative estimate of drug-likeness (QED) is 0.165. The molecule has 16 rings (SSSR count). The molecule has 0 saturated carbocycles. The van der Waals surface area contributed by atoms with Gasteiger partial charge < -0.3 is 18.0 Å². The third-order valence-electron chi connectivity index (χ3n) is 15.0. The molecule has 0 saturated heterocycles. The SMILES string of the molecule is C1=CC2Oc3c(-c4cc(-c5cccc6c5oc5ccccc56)c5ccc6c(-c7cccc8c7oc7ccccc78)cc(-c7cccc8c7oc7ccccc78)c7ccc4c5c76)cccc3C2C=C1. The first-order chi connectivity index (χ1) is 33.7. The van der Waals surface area contributed by atoms with Crippen molar-refractivity contribution in [2.24, 2.45) is 0 Å². The maximum Gasteiger partial charge on any atom is 0.143 e. The maximum absolute atomic E-state index is 6.95. The van der Waals surface area contributed by atoms with E-state index in [1.165, 1.54) is 16.3 Å². The third kappa shape index (κ3) is 4.83. The van der Waals surface area contributed by atoms with Crippen LogP contribution in [0.15, 0.2) is 220 Å². The van der Waals surface area contributed by atoms with E-state index in [-0.39, 0.29) is 12.0 Å². The number of allylic oxidation sites excluding steroid dienone is 2. The van der Waals surface area contributed by atoms with Gasteiger partial charge in [0.2, 0.25) is 0 Å². The number of rotatable bonds is 4. The molecule has 4 heteroatoms. The van der Waals surface area contributed by atoms with Gasteiger partial charge in [0, 0.05) is 66.1 Å². The molecule has 0 N–H and O–H groups in total. The van der Waals surface area contributed by atoms with Crippen LogP contribution >= 0.6 is 0 Å². The first-order valence-electron chi connectivity index (χ1n) is 23.4. The number of ether oxygens (including phenoxy) is 1. The van der Waals surface area contributed by atoms with E-state index in [9.17, 15) is 0 Å². The van der Waals surface area contributed by atoms with Gasteiger partial charge >= 0.3 is 0 Å². The molecular weight excluding hydrogens is 833 g/mol. The Morgan fingerprint density at radius 3 is 1.15 bits per heavy atom. The molecule has 68 heavy (non-hydrogen) atoms. The zero-order chi connectivity index (χ0) is 44.2. The van der Waals surface area contributed by atoms with Crippen molar-refractivity contribution in [1.82, 2.24) is 0 Å². The Labute approximate surface area is 388 Å². The van der Waals surface area contributed by atoms with Crippen LogP contribution in [0.4, 0.5) is 0 Å². The average Bonchev–Trinajstić information content (AvgIpc) is 4.18. The van der Waals surface area contributed by atoms with Crippen LogP contribution in [0.5, 0.6) is 5.75 Å². The summed E-state index contributed by atoms with van der Waals surface area (Å²) >= 11 is 0. The molecule has 2 unspecified atom stereocenters. The predicted octanol–water partition coefficient (Wildman–Crippen LogP) is 17.9.